The first kappa shape index (κ1) is 18.7. The number of esters is 1. The normalized spacial score (nSPS) is 14.3. The van der Waals surface area contributed by atoms with Gasteiger partial charge in [-0.1, -0.05) is 48.2 Å². The van der Waals surface area contributed by atoms with Gasteiger partial charge in [-0.05, 0) is 24.3 Å². The fourth-order valence-corrected chi connectivity index (χ4v) is 4.17. The quantitative estimate of drug-likeness (QED) is 0.372. The van der Waals surface area contributed by atoms with Gasteiger partial charge < -0.3 is 9.64 Å². The maximum absolute atomic E-state index is 12.6. The van der Waals surface area contributed by atoms with E-state index in [0.29, 0.717) is 10.5 Å². The number of ketones is 1. The Hall–Kier alpha value is -3.63. The molecule has 1 aliphatic heterocycles. The van der Waals surface area contributed by atoms with Crippen LogP contribution in [0.2, 0.25) is 0 Å². The fourth-order valence-electron chi connectivity index (χ4n) is 3.01. The lowest BCUT2D eigenvalue weighted by Gasteiger charge is -2.14. The van der Waals surface area contributed by atoms with Crippen LogP contribution in [0.25, 0.3) is 10.9 Å². The number of thioether (sulfide) groups is 1. The van der Waals surface area contributed by atoms with Crippen LogP contribution in [-0.4, -0.2) is 30.4 Å². The number of fused-ring (bicyclic) bond motifs is 2. The summed E-state index contributed by atoms with van der Waals surface area (Å²) in [6, 6.07) is 20.3. The molecule has 142 valence electrons. The minimum absolute atomic E-state index is 0.0343. The molecule has 29 heavy (non-hydrogen) atoms. The number of nitriles is 1. The number of Topliss-reactive ketones (excluding diaryl/α,β-unsaturated/α-hetero) is 1. The third kappa shape index (κ3) is 3.58. The van der Waals surface area contributed by atoms with E-state index in [9.17, 15) is 14.9 Å². The Morgan fingerprint density at radius 3 is 2.66 bits per heavy atom. The molecule has 0 bridgehead atoms. The second-order valence-electron chi connectivity index (χ2n) is 6.31. The molecule has 0 unspecified atom stereocenters. The molecule has 1 aliphatic rings. The second-order valence-corrected chi connectivity index (χ2v) is 7.34. The molecule has 0 spiro atoms. The number of hydrogen-bond donors (Lipinski definition) is 0. The molecule has 2 heterocycles. The van der Waals surface area contributed by atoms with Crippen molar-refractivity contribution in [2.45, 2.75) is 4.90 Å². The Balaban J connectivity index is 1.50. The van der Waals surface area contributed by atoms with E-state index in [2.05, 4.69) is 4.98 Å². The van der Waals surface area contributed by atoms with Crippen LogP contribution in [0.1, 0.15) is 10.5 Å². The van der Waals surface area contributed by atoms with E-state index in [1.807, 2.05) is 48.5 Å². The maximum atomic E-state index is 12.6. The first-order valence-corrected chi connectivity index (χ1v) is 9.61. The first-order chi connectivity index (χ1) is 14.1. The standard InChI is InChI=1S/C22H15N3O3S/c1-25-18-8-4-5-9-20(18)29-21(25)15(12-23)19(26)13-28-22(27)17-11-10-14-6-2-3-7-16(14)24-17/h2-11H,13H2,1H3/b21-15-. The van der Waals surface area contributed by atoms with Gasteiger partial charge in [0.15, 0.2) is 6.61 Å². The van der Waals surface area contributed by atoms with Crippen LogP contribution in [0.5, 0.6) is 0 Å². The number of aromatic nitrogens is 1. The summed E-state index contributed by atoms with van der Waals surface area (Å²) in [7, 11) is 1.80. The van der Waals surface area contributed by atoms with Gasteiger partial charge in [0, 0.05) is 17.3 Å². The Labute approximate surface area is 171 Å². The molecule has 0 fully saturated rings. The van der Waals surface area contributed by atoms with Gasteiger partial charge in [-0.2, -0.15) is 5.26 Å². The van der Waals surface area contributed by atoms with E-state index in [1.165, 1.54) is 11.8 Å². The minimum Gasteiger partial charge on any atom is -0.453 e. The fraction of sp³-hybridized carbons (Fsp3) is 0.0909. The molecule has 0 saturated carbocycles. The predicted molar refractivity (Wildman–Crippen MR) is 110 cm³/mol. The summed E-state index contributed by atoms with van der Waals surface area (Å²) < 4.78 is 5.13. The molecule has 6 nitrogen and oxygen atoms in total. The molecule has 0 atom stereocenters. The number of rotatable bonds is 4. The van der Waals surface area contributed by atoms with Gasteiger partial charge in [0.1, 0.15) is 22.4 Å². The summed E-state index contributed by atoms with van der Waals surface area (Å²) in [4.78, 5) is 31.9. The summed E-state index contributed by atoms with van der Waals surface area (Å²) >= 11 is 1.35. The highest BCUT2D eigenvalue weighted by atomic mass is 32.2. The molecule has 0 amide bonds. The van der Waals surface area contributed by atoms with Crippen molar-refractivity contribution in [3.8, 4) is 6.07 Å². The number of hydrogen-bond acceptors (Lipinski definition) is 7. The van der Waals surface area contributed by atoms with Crippen molar-refractivity contribution in [2.24, 2.45) is 0 Å². The van der Waals surface area contributed by atoms with Crippen molar-refractivity contribution in [1.82, 2.24) is 4.98 Å². The van der Waals surface area contributed by atoms with Crippen LogP contribution in [0, 0.1) is 11.3 Å². The molecule has 1 aromatic heterocycles. The first-order valence-electron chi connectivity index (χ1n) is 8.79. The van der Waals surface area contributed by atoms with Crippen molar-refractivity contribution in [1.29, 1.82) is 5.26 Å². The number of para-hydroxylation sites is 2. The molecule has 0 aliphatic carbocycles. The van der Waals surface area contributed by atoms with E-state index in [-0.39, 0.29) is 11.3 Å². The molecule has 0 radical (unpaired) electrons. The molecule has 0 N–H and O–H groups in total. The van der Waals surface area contributed by atoms with E-state index < -0.39 is 18.4 Å². The zero-order valence-electron chi connectivity index (χ0n) is 15.5. The largest absolute Gasteiger partial charge is 0.453 e. The zero-order valence-corrected chi connectivity index (χ0v) is 16.3. The smallest absolute Gasteiger partial charge is 0.357 e. The summed E-state index contributed by atoms with van der Waals surface area (Å²) in [5.41, 5.74) is 1.66. The number of carbonyl (C=O) groups excluding carboxylic acids is 2. The van der Waals surface area contributed by atoms with Gasteiger partial charge in [0.25, 0.3) is 0 Å². The van der Waals surface area contributed by atoms with Crippen LogP contribution in [0.15, 0.2) is 76.2 Å². The highest BCUT2D eigenvalue weighted by molar-refractivity contribution is 8.03. The lowest BCUT2D eigenvalue weighted by atomic mass is 10.2. The number of anilines is 1. The molecule has 0 saturated heterocycles. The summed E-state index contributed by atoms with van der Waals surface area (Å²) in [6.07, 6.45) is 0. The van der Waals surface area contributed by atoms with Crippen LogP contribution in [0.4, 0.5) is 5.69 Å². The highest BCUT2D eigenvalue weighted by Crippen LogP contribution is 2.46. The Morgan fingerprint density at radius 1 is 1.10 bits per heavy atom. The van der Waals surface area contributed by atoms with E-state index in [1.54, 1.807) is 30.1 Å². The van der Waals surface area contributed by atoms with Crippen molar-refractivity contribution < 1.29 is 14.3 Å². The second kappa shape index (κ2) is 7.78. The van der Waals surface area contributed by atoms with Gasteiger partial charge in [-0.25, -0.2) is 9.78 Å². The van der Waals surface area contributed by atoms with Gasteiger partial charge in [0.05, 0.1) is 11.2 Å². The van der Waals surface area contributed by atoms with E-state index in [4.69, 9.17) is 4.74 Å². The van der Waals surface area contributed by atoms with Crippen molar-refractivity contribution >= 4 is 40.1 Å². The van der Waals surface area contributed by atoms with Crippen LogP contribution in [-0.2, 0) is 9.53 Å². The Morgan fingerprint density at radius 2 is 1.86 bits per heavy atom. The SMILES string of the molecule is CN1/C(=C(\C#N)C(=O)COC(=O)c2ccc3ccccc3n2)Sc2ccccc21. The predicted octanol–water partition coefficient (Wildman–Crippen LogP) is 3.94. The molecular formula is C22H15N3O3S. The van der Waals surface area contributed by atoms with Crippen LogP contribution in [0.3, 0.4) is 0 Å². The topological polar surface area (TPSA) is 83.3 Å². The van der Waals surface area contributed by atoms with Gasteiger partial charge in [-0.3, -0.25) is 4.79 Å². The number of ether oxygens (including phenoxy) is 1. The van der Waals surface area contributed by atoms with Crippen molar-refractivity contribution in [3.63, 3.8) is 0 Å². The average Bonchev–Trinajstić information content (AvgIpc) is 3.08. The van der Waals surface area contributed by atoms with Crippen molar-refractivity contribution in [3.05, 3.63) is 77.0 Å². The number of nitrogens with zero attached hydrogens (tertiary/aromatic N) is 3. The third-order valence-electron chi connectivity index (χ3n) is 4.48. The molecule has 4 rings (SSSR count). The monoisotopic (exact) mass is 401 g/mol. The minimum atomic E-state index is -0.706. The van der Waals surface area contributed by atoms with Gasteiger partial charge >= 0.3 is 5.97 Å². The zero-order chi connectivity index (χ0) is 20.4. The van der Waals surface area contributed by atoms with Crippen molar-refractivity contribution in [2.75, 3.05) is 18.6 Å². The third-order valence-corrected chi connectivity index (χ3v) is 5.72. The van der Waals surface area contributed by atoms with Crippen LogP contribution >= 0.6 is 11.8 Å². The number of pyridine rings is 1. The maximum Gasteiger partial charge on any atom is 0.357 e. The lowest BCUT2D eigenvalue weighted by Crippen LogP contribution is -2.20. The Bertz CT molecular complexity index is 1210. The summed E-state index contributed by atoms with van der Waals surface area (Å²) in [5, 5.41) is 11.0. The van der Waals surface area contributed by atoms with Gasteiger partial charge in [0.2, 0.25) is 5.78 Å². The molecular weight excluding hydrogens is 386 g/mol. The van der Waals surface area contributed by atoms with Gasteiger partial charge in [-0.15, -0.1) is 0 Å². The van der Waals surface area contributed by atoms with Crippen LogP contribution < -0.4 is 4.90 Å². The molecule has 3 aromatic rings. The lowest BCUT2D eigenvalue weighted by molar-refractivity contribution is -0.118. The van der Waals surface area contributed by atoms with E-state index >= 15 is 0 Å². The van der Waals surface area contributed by atoms with E-state index in [0.717, 1.165) is 16.0 Å². The average molecular weight is 401 g/mol. The number of benzene rings is 2. The highest BCUT2D eigenvalue weighted by Gasteiger charge is 2.28. The summed E-state index contributed by atoms with van der Waals surface area (Å²) in [5.74, 6) is -1.26. The molecule has 7 heteroatoms. The summed E-state index contributed by atoms with van der Waals surface area (Å²) in [6.45, 7) is -0.523. The molecule has 2 aromatic carbocycles. The Kier molecular flexibility index (Phi) is 5.02. The number of carbonyl (C=O) groups is 2.